The van der Waals surface area contributed by atoms with Gasteiger partial charge in [-0.3, -0.25) is 4.68 Å². The van der Waals surface area contributed by atoms with Crippen molar-refractivity contribution in [2.45, 2.75) is 53.1 Å². The van der Waals surface area contributed by atoms with Gasteiger partial charge in [0.15, 0.2) is 0 Å². The Bertz CT molecular complexity index is 331. The number of nitrogens with zero attached hydrogens (tertiary/aromatic N) is 3. The molecular weight excluding hydrogens is 236 g/mol. The van der Waals surface area contributed by atoms with Crippen molar-refractivity contribution in [3.63, 3.8) is 0 Å². The molecule has 110 valence electrons. The van der Waals surface area contributed by atoms with Gasteiger partial charge in [0.25, 0.3) is 0 Å². The Morgan fingerprint density at radius 2 is 2.00 bits per heavy atom. The molecule has 1 heterocycles. The molecule has 0 saturated heterocycles. The molecule has 0 aliphatic heterocycles. The fourth-order valence-corrected chi connectivity index (χ4v) is 2.43. The predicted molar refractivity (Wildman–Crippen MR) is 81.3 cm³/mol. The topological polar surface area (TPSA) is 33.1 Å². The number of aromatic nitrogens is 2. The van der Waals surface area contributed by atoms with E-state index in [9.17, 15) is 0 Å². The average molecular weight is 266 g/mol. The summed E-state index contributed by atoms with van der Waals surface area (Å²) in [6.45, 7) is 14.2. The Hall–Kier alpha value is -0.870. The van der Waals surface area contributed by atoms with E-state index in [1.807, 2.05) is 6.20 Å². The summed E-state index contributed by atoms with van der Waals surface area (Å²) < 4.78 is 2.11. The van der Waals surface area contributed by atoms with Gasteiger partial charge in [-0.05, 0) is 52.0 Å². The SMILES string of the molecule is CCCNC(CCN(CC)CC)c1ccnn1CC. The number of aryl methyl sites for hydroxylation is 1. The van der Waals surface area contributed by atoms with Crippen molar-refractivity contribution in [2.75, 3.05) is 26.2 Å². The van der Waals surface area contributed by atoms with Crippen LogP contribution in [-0.2, 0) is 6.54 Å². The molecule has 0 saturated carbocycles. The molecular formula is C15H30N4. The highest BCUT2D eigenvalue weighted by Gasteiger charge is 2.15. The van der Waals surface area contributed by atoms with E-state index in [1.165, 1.54) is 12.1 Å². The summed E-state index contributed by atoms with van der Waals surface area (Å²) in [4.78, 5) is 2.48. The molecule has 4 heteroatoms. The Balaban J connectivity index is 2.66. The Morgan fingerprint density at radius 3 is 2.58 bits per heavy atom. The fraction of sp³-hybridized carbons (Fsp3) is 0.800. The summed E-state index contributed by atoms with van der Waals surface area (Å²) in [5.74, 6) is 0. The van der Waals surface area contributed by atoms with Crippen molar-refractivity contribution in [3.8, 4) is 0 Å². The van der Waals surface area contributed by atoms with Gasteiger partial charge in [-0.2, -0.15) is 5.10 Å². The van der Waals surface area contributed by atoms with Crippen LogP contribution in [0.25, 0.3) is 0 Å². The number of hydrogen-bond acceptors (Lipinski definition) is 3. The zero-order valence-electron chi connectivity index (χ0n) is 13.0. The maximum absolute atomic E-state index is 4.39. The molecule has 1 aromatic heterocycles. The van der Waals surface area contributed by atoms with Crippen molar-refractivity contribution >= 4 is 0 Å². The van der Waals surface area contributed by atoms with Crippen LogP contribution < -0.4 is 5.32 Å². The standard InChI is InChI=1S/C15H30N4/c1-5-11-16-14(10-13-18(6-2)7-3)15-9-12-17-19(15)8-4/h9,12,14,16H,5-8,10-11,13H2,1-4H3. The molecule has 0 spiro atoms. The Labute approximate surface area is 118 Å². The quantitative estimate of drug-likeness (QED) is 0.707. The molecule has 0 amide bonds. The van der Waals surface area contributed by atoms with E-state index in [4.69, 9.17) is 0 Å². The second-order valence-electron chi connectivity index (χ2n) is 4.89. The lowest BCUT2D eigenvalue weighted by molar-refractivity contribution is 0.278. The van der Waals surface area contributed by atoms with E-state index >= 15 is 0 Å². The minimum absolute atomic E-state index is 0.419. The maximum Gasteiger partial charge on any atom is 0.0553 e. The van der Waals surface area contributed by atoms with Crippen LogP contribution in [0.3, 0.4) is 0 Å². The van der Waals surface area contributed by atoms with E-state index in [0.29, 0.717) is 6.04 Å². The van der Waals surface area contributed by atoms with Crippen molar-refractivity contribution in [2.24, 2.45) is 0 Å². The van der Waals surface area contributed by atoms with E-state index < -0.39 is 0 Å². The molecule has 0 radical (unpaired) electrons. The average Bonchev–Trinajstić information content (AvgIpc) is 2.91. The van der Waals surface area contributed by atoms with Gasteiger partial charge in [0.1, 0.15) is 0 Å². The lowest BCUT2D eigenvalue weighted by Gasteiger charge is -2.24. The van der Waals surface area contributed by atoms with Crippen molar-refractivity contribution in [1.29, 1.82) is 0 Å². The van der Waals surface area contributed by atoms with E-state index in [2.05, 4.69) is 53.8 Å². The van der Waals surface area contributed by atoms with Gasteiger partial charge in [-0.25, -0.2) is 0 Å². The molecule has 0 aliphatic rings. The van der Waals surface area contributed by atoms with Crippen LogP contribution in [-0.4, -0.2) is 40.9 Å². The molecule has 19 heavy (non-hydrogen) atoms. The molecule has 1 unspecified atom stereocenters. The first kappa shape index (κ1) is 16.2. The highest BCUT2D eigenvalue weighted by Crippen LogP contribution is 2.17. The van der Waals surface area contributed by atoms with Gasteiger partial charge in [-0.1, -0.05) is 20.8 Å². The van der Waals surface area contributed by atoms with Gasteiger partial charge in [0.05, 0.1) is 11.7 Å². The maximum atomic E-state index is 4.39. The monoisotopic (exact) mass is 266 g/mol. The van der Waals surface area contributed by atoms with Crippen LogP contribution in [0.1, 0.15) is 52.3 Å². The van der Waals surface area contributed by atoms with Crippen LogP contribution in [0.4, 0.5) is 0 Å². The summed E-state index contributed by atoms with van der Waals surface area (Å²) >= 11 is 0. The summed E-state index contributed by atoms with van der Waals surface area (Å²) in [5.41, 5.74) is 1.32. The molecule has 1 rings (SSSR count). The van der Waals surface area contributed by atoms with E-state index in [1.54, 1.807) is 0 Å². The first-order valence-corrected chi connectivity index (χ1v) is 7.74. The third-order valence-corrected chi connectivity index (χ3v) is 3.68. The minimum Gasteiger partial charge on any atom is -0.309 e. The molecule has 0 bridgehead atoms. The second kappa shape index (κ2) is 9.10. The predicted octanol–water partition coefficient (Wildman–Crippen LogP) is 2.68. The van der Waals surface area contributed by atoms with Crippen molar-refractivity contribution in [3.05, 3.63) is 18.0 Å². The van der Waals surface area contributed by atoms with Gasteiger partial charge in [-0.15, -0.1) is 0 Å². The van der Waals surface area contributed by atoms with Gasteiger partial charge in [0.2, 0.25) is 0 Å². The van der Waals surface area contributed by atoms with Crippen LogP contribution in [0.15, 0.2) is 12.3 Å². The van der Waals surface area contributed by atoms with Crippen LogP contribution in [0, 0.1) is 0 Å². The van der Waals surface area contributed by atoms with E-state index in [0.717, 1.165) is 39.1 Å². The zero-order chi connectivity index (χ0) is 14.1. The second-order valence-corrected chi connectivity index (χ2v) is 4.89. The van der Waals surface area contributed by atoms with Crippen LogP contribution >= 0.6 is 0 Å². The summed E-state index contributed by atoms with van der Waals surface area (Å²) in [7, 11) is 0. The van der Waals surface area contributed by atoms with Crippen molar-refractivity contribution < 1.29 is 0 Å². The molecule has 4 nitrogen and oxygen atoms in total. The summed E-state index contributed by atoms with van der Waals surface area (Å²) in [6, 6.07) is 2.57. The lowest BCUT2D eigenvalue weighted by Crippen LogP contribution is -2.31. The van der Waals surface area contributed by atoms with Crippen LogP contribution in [0.2, 0.25) is 0 Å². The summed E-state index contributed by atoms with van der Waals surface area (Å²) in [6.07, 6.45) is 4.23. The van der Waals surface area contributed by atoms with Gasteiger partial charge >= 0.3 is 0 Å². The molecule has 0 fully saturated rings. The fourth-order valence-electron chi connectivity index (χ4n) is 2.43. The Kier molecular flexibility index (Phi) is 7.75. The van der Waals surface area contributed by atoms with E-state index in [-0.39, 0.29) is 0 Å². The molecule has 1 aromatic rings. The minimum atomic E-state index is 0.419. The molecule has 1 N–H and O–H groups in total. The normalized spacial score (nSPS) is 13.1. The smallest absolute Gasteiger partial charge is 0.0553 e. The first-order chi connectivity index (χ1) is 9.26. The van der Waals surface area contributed by atoms with Gasteiger partial charge < -0.3 is 10.2 Å². The first-order valence-electron chi connectivity index (χ1n) is 7.74. The molecule has 1 atom stereocenters. The highest BCUT2D eigenvalue weighted by molar-refractivity contribution is 5.07. The number of rotatable bonds is 10. The lowest BCUT2D eigenvalue weighted by atomic mass is 10.1. The Morgan fingerprint density at radius 1 is 1.26 bits per heavy atom. The van der Waals surface area contributed by atoms with Crippen molar-refractivity contribution in [1.82, 2.24) is 20.0 Å². The molecule has 0 aliphatic carbocycles. The zero-order valence-corrected chi connectivity index (χ0v) is 13.0. The third kappa shape index (κ3) is 4.96. The molecule has 0 aromatic carbocycles. The van der Waals surface area contributed by atoms with Gasteiger partial charge in [0, 0.05) is 12.7 Å². The number of nitrogens with one attached hydrogen (secondary N) is 1. The highest BCUT2D eigenvalue weighted by atomic mass is 15.3. The third-order valence-electron chi connectivity index (χ3n) is 3.68. The largest absolute Gasteiger partial charge is 0.309 e. The summed E-state index contributed by atoms with van der Waals surface area (Å²) in [5, 5.41) is 8.06. The van der Waals surface area contributed by atoms with Crippen LogP contribution in [0.5, 0.6) is 0 Å². The number of hydrogen-bond donors (Lipinski definition) is 1.